The molecule has 1 aliphatic rings. The molecular weight excluding hydrogens is 260 g/mol. The third-order valence-electron chi connectivity index (χ3n) is 4.77. The van der Waals surface area contributed by atoms with Crippen molar-refractivity contribution in [2.45, 2.75) is 45.6 Å². The van der Waals surface area contributed by atoms with Gasteiger partial charge < -0.3 is 10.6 Å². The highest BCUT2D eigenvalue weighted by atomic mass is 16.1. The normalized spacial score (nSPS) is 25.5. The van der Waals surface area contributed by atoms with Crippen molar-refractivity contribution in [1.82, 2.24) is 10.6 Å². The van der Waals surface area contributed by atoms with Gasteiger partial charge in [0.15, 0.2) is 0 Å². The Morgan fingerprint density at radius 1 is 1.19 bits per heavy atom. The average molecular weight is 288 g/mol. The highest BCUT2D eigenvalue weighted by molar-refractivity contribution is 5.78. The maximum atomic E-state index is 12.0. The van der Waals surface area contributed by atoms with E-state index in [0.29, 0.717) is 18.5 Å². The number of benzene rings is 1. The van der Waals surface area contributed by atoms with E-state index in [2.05, 4.69) is 36.6 Å². The SMILES string of the molecule is C[C@@H]1[C@@H](C)CCC[C@H]1NC(=O)CNCCc1ccccc1. The summed E-state index contributed by atoms with van der Waals surface area (Å²) in [5.74, 6) is 1.44. The number of hydrogen-bond donors (Lipinski definition) is 2. The van der Waals surface area contributed by atoms with Crippen molar-refractivity contribution >= 4 is 5.91 Å². The van der Waals surface area contributed by atoms with Crippen molar-refractivity contribution in [3.8, 4) is 0 Å². The second kappa shape index (κ2) is 8.18. The molecule has 0 heterocycles. The summed E-state index contributed by atoms with van der Waals surface area (Å²) in [6.45, 7) is 5.82. The van der Waals surface area contributed by atoms with Crippen LogP contribution in [0.25, 0.3) is 0 Å². The van der Waals surface area contributed by atoms with Crippen molar-refractivity contribution < 1.29 is 4.79 Å². The van der Waals surface area contributed by atoms with Crippen LogP contribution in [0.15, 0.2) is 30.3 Å². The smallest absolute Gasteiger partial charge is 0.234 e. The molecule has 0 aliphatic heterocycles. The van der Waals surface area contributed by atoms with Crippen molar-refractivity contribution in [3.05, 3.63) is 35.9 Å². The Balaban J connectivity index is 1.63. The van der Waals surface area contributed by atoms with Gasteiger partial charge in [-0.1, -0.05) is 57.0 Å². The van der Waals surface area contributed by atoms with E-state index in [9.17, 15) is 4.79 Å². The molecule has 0 spiro atoms. The van der Waals surface area contributed by atoms with Crippen LogP contribution < -0.4 is 10.6 Å². The Morgan fingerprint density at radius 3 is 2.71 bits per heavy atom. The Labute approximate surface area is 128 Å². The van der Waals surface area contributed by atoms with Crippen LogP contribution in [0.5, 0.6) is 0 Å². The third-order valence-corrected chi connectivity index (χ3v) is 4.77. The summed E-state index contributed by atoms with van der Waals surface area (Å²) in [5, 5.41) is 6.43. The van der Waals surface area contributed by atoms with Gasteiger partial charge in [0.05, 0.1) is 6.54 Å². The third kappa shape index (κ3) is 5.16. The lowest BCUT2D eigenvalue weighted by molar-refractivity contribution is -0.121. The monoisotopic (exact) mass is 288 g/mol. The second-order valence-electron chi connectivity index (χ2n) is 6.35. The van der Waals surface area contributed by atoms with Gasteiger partial charge in [0.1, 0.15) is 0 Å². The summed E-state index contributed by atoms with van der Waals surface area (Å²) in [7, 11) is 0. The first kappa shape index (κ1) is 16.0. The predicted molar refractivity (Wildman–Crippen MR) is 87.1 cm³/mol. The molecule has 116 valence electrons. The van der Waals surface area contributed by atoms with Crippen molar-refractivity contribution in [2.24, 2.45) is 11.8 Å². The van der Waals surface area contributed by atoms with Crippen LogP contribution in [-0.2, 0) is 11.2 Å². The van der Waals surface area contributed by atoms with E-state index < -0.39 is 0 Å². The number of nitrogens with one attached hydrogen (secondary N) is 2. The minimum absolute atomic E-state index is 0.133. The predicted octanol–water partition coefficient (Wildman–Crippen LogP) is 2.76. The van der Waals surface area contributed by atoms with Crippen LogP contribution in [-0.4, -0.2) is 25.0 Å². The van der Waals surface area contributed by atoms with Gasteiger partial charge in [0.2, 0.25) is 5.91 Å². The summed E-state index contributed by atoms with van der Waals surface area (Å²) in [4.78, 5) is 12.0. The zero-order chi connectivity index (χ0) is 15.1. The Hall–Kier alpha value is -1.35. The number of carbonyl (C=O) groups excluding carboxylic acids is 1. The molecule has 2 rings (SSSR count). The first-order valence-electron chi connectivity index (χ1n) is 8.21. The molecule has 0 unspecified atom stereocenters. The van der Waals surface area contributed by atoms with Gasteiger partial charge in [-0.25, -0.2) is 0 Å². The molecule has 1 aromatic carbocycles. The molecule has 1 aliphatic carbocycles. The molecular formula is C18H28N2O. The van der Waals surface area contributed by atoms with Crippen LogP contribution in [0.1, 0.15) is 38.7 Å². The molecule has 3 nitrogen and oxygen atoms in total. The van der Waals surface area contributed by atoms with Crippen LogP contribution in [0.2, 0.25) is 0 Å². The van der Waals surface area contributed by atoms with Crippen molar-refractivity contribution in [3.63, 3.8) is 0 Å². The van der Waals surface area contributed by atoms with Gasteiger partial charge in [-0.15, -0.1) is 0 Å². The highest BCUT2D eigenvalue weighted by Crippen LogP contribution is 2.29. The maximum absolute atomic E-state index is 12.0. The molecule has 3 atom stereocenters. The standard InChI is InChI=1S/C18H28N2O/c1-14-7-6-10-17(15(14)2)20-18(21)13-19-12-11-16-8-4-3-5-9-16/h3-5,8-9,14-15,17,19H,6-7,10-13H2,1-2H3,(H,20,21)/t14-,15+,17+/m0/s1. The molecule has 1 amide bonds. The number of rotatable bonds is 6. The number of hydrogen-bond acceptors (Lipinski definition) is 2. The fraction of sp³-hybridized carbons (Fsp3) is 0.611. The van der Waals surface area contributed by atoms with Gasteiger partial charge in [-0.2, -0.15) is 0 Å². The number of amides is 1. The van der Waals surface area contributed by atoms with Gasteiger partial charge in [0.25, 0.3) is 0 Å². The van der Waals surface area contributed by atoms with E-state index in [1.54, 1.807) is 0 Å². The molecule has 0 bridgehead atoms. The second-order valence-corrected chi connectivity index (χ2v) is 6.35. The minimum Gasteiger partial charge on any atom is -0.352 e. The van der Waals surface area contributed by atoms with Crippen LogP contribution in [0.4, 0.5) is 0 Å². The quantitative estimate of drug-likeness (QED) is 0.790. The van der Waals surface area contributed by atoms with Gasteiger partial charge in [-0.05, 0) is 36.8 Å². The van der Waals surface area contributed by atoms with Gasteiger partial charge in [-0.3, -0.25) is 4.79 Å². The van der Waals surface area contributed by atoms with Crippen molar-refractivity contribution in [2.75, 3.05) is 13.1 Å². The van der Waals surface area contributed by atoms with E-state index in [-0.39, 0.29) is 5.91 Å². The molecule has 0 aromatic heterocycles. The molecule has 3 heteroatoms. The summed E-state index contributed by atoms with van der Waals surface area (Å²) in [6, 6.07) is 10.7. The lowest BCUT2D eigenvalue weighted by Crippen LogP contribution is -2.46. The molecule has 2 N–H and O–H groups in total. The summed E-state index contributed by atoms with van der Waals surface area (Å²) >= 11 is 0. The van der Waals surface area contributed by atoms with Crippen LogP contribution >= 0.6 is 0 Å². The first-order valence-corrected chi connectivity index (χ1v) is 8.21. The molecule has 1 saturated carbocycles. The highest BCUT2D eigenvalue weighted by Gasteiger charge is 2.27. The minimum atomic E-state index is 0.133. The van der Waals surface area contributed by atoms with Gasteiger partial charge in [0, 0.05) is 6.04 Å². The Kier molecular flexibility index (Phi) is 6.24. The molecule has 1 fully saturated rings. The first-order chi connectivity index (χ1) is 10.2. The fourth-order valence-electron chi connectivity index (χ4n) is 3.12. The zero-order valence-corrected chi connectivity index (χ0v) is 13.3. The topological polar surface area (TPSA) is 41.1 Å². The van der Waals surface area contributed by atoms with E-state index in [0.717, 1.165) is 25.3 Å². The lowest BCUT2D eigenvalue weighted by atomic mass is 9.78. The van der Waals surface area contributed by atoms with E-state index >= 15 is 0 Å². The Morgan fingerprint density at radius 2 is 1.95 bits per heavy atom. The number of carbonyl (C=O) groups is 1. The molecule has 0 radical (unpaired) electrons. The lowest BCUT2D eigenvalue weighted by Gasteiger charge is -2.34. The molecule has 0 saturated heterocycles. The van der Waals surface area contributed by atoms with E-state index in [1.165, 1.54) is 18.4 Å². The summed E-state index contributed by atoms with van der Waals surface area (Å²) in [5.41, 5.74) is 1.31. The molecule has 1 aromatic rings. The molecule has 21 heavy (non-hydrogen) atoms. The van der Waals surface area contributed by atoms with Crippen molar-refractivity contribution in [1.29, 1.82) is 0 Å². The van der Waals surface area contributed by atoms with Gasteiger partial charge >= 0.3 is 0 Å². The fourth-order valence-corrected chi connectivity index (χ4v) is 3.12. The maximum Gasteiger partial charge on any atom is 0.234 e. The average Bonchev–Trinajstić information content (AvgIpc) is 2.49. The van der Waals surface area contributed by atoms with Crippen LogP contribution in [0.3, 0.4) is 0 Å². The Bertz CT molecular complexity index is 432. The van der Waals surface area contributed by atoms with E-state index in [4.69, 9.17) is 0 Å². The van der Waals surface area contributed by atoms with E-state index in [1.807, 2.05) is 18.2 Å². The largest absolute Gasteiger partial charge is 0.352 e. The van der Waals surface area contributed by atoms with Crippen LogP contribution in [0, 0.1) is 11.8 Å². The summed E-state index contributed by atoms with van der Waals surface area (Å²) < 4.78 is 0. The zero-order valence-electron chi connectivity index (χ0n) is 13.3. The summed E-state index contributed by atoms with van der Waals surface area (Å²) in [6.07, 6.45) is 4.62.